The molecule has 1 aliphatic rings. The number of hydrogen-bond donors (Lipinski definition) is 0. The molecule has 3 heteroatoms. The molecule has 0 bridgehead atoms. The maximum atomic E-state index is 11.1. The minimum atomic E-state index is 0.0346. The van der Waals surface area contributed by atoms with Gasteiger partial charge in [0.15, 0.2) is 5.78 Å². The van der Waals surface area contributed by atoms with E-state index in [4.69, 9.17) is 0 Å². The predicted octanol–water partition coefficient (Wildman–Crippen LogP) is 3.57. The molecule has 1 fully saturated rings. The van der Waals surface area contributed by atoms with Crippen molar-refractivity contribution in [1.82, 2.24) is 4.98 Å². The van der Waals surface area contributed by atoms with E-state index < -0.39 is 0 Å². The van der Waals surface area contributed by atoms with Crippen molar-refractivity contribution in [3.8, 4) is 0 Å². The van der Waals surface area contributed by atoms with Gasteiger partial charge < -0.3 is 0 Å². The zero-order chi connectivity index (χ0) is 11.4. The van der Waals surface area contributed by atoms with Gasteiger partial charge in [-0.1, -0.05) is 12.8 Å². The zero-order valence-corrected chi connectivity index (χ0v) is 10.4. The van der Waals surface area contributed by atoms with E-state index in [0.717, 1.165) is 5.92 Å². The molecular weight excluding hydrogens is 218 g/mol. The summed E-state index contributed by atoms with van der Waals surface area (Å²) in [5, 5.41) is 0. The number of pyridine rings is 1. The van der Waals surface area contributed by atoms with Crippen LogP contribution < -0.4 is 0 Å². The molecule has 16 heavy (non-hydrogen) atoms. The standard InChI is InChI=1S/C13H17NOS/c1-10(15)13-7-6-12(8-14-13)16-9-11-4-2-3-5-11/h6-8,11H,2-5,9H2,1H3. The molecule has 0 N–H and O–H groups in total. The van der Waals surface area contributed by atoms with Gasteiger partial charge in [-0.15, -0.1) is 11.8 Å². The van der Waals surface area contributed by atoms with Crippen LogP contribution in [0.25, 0.3) is 0 Å². The Hall–Kier alpha value is -0.830. The van der Waals surface area contributed by atoms with Crippen molar-refractivity contribution in [1.29, 1.82) is 0 Å². The fourth-order valence-corrected chi connectivity index (χ4v) is 3.12. The van der Waals surface area contributed by atoms with Crippen LogP contribution in [-0.4, -0.2) is 16.5 Å². The van der Waals surface area contributed by atoms with E-state index in [9.17, 15) is 4.79 Å². The van der Waals surface area contributed by atoms with E-state index in [1.165, 1.54) is 36.3 Å². The van der Waals surface area contributed by atoms with Crippen LogP contribution in [0.3, 0.4) is 0 Å². The number of Topliss-reactive ketones (excluding diaryl/α,β-unsaturated/α-hetero) is 1. The van der Waals surface area contributed by atoms with Crippen LogP contribution in [0.15, 0.2) is 23.2 Å². The highest BCUT2D eigenvalue weighted by Gasteiger charge is 2.14. The maximum absolute atomic E-state index is 11.1. The zero-order valence-electron chi connectivity index (χ0n) is 9.61. The Morgan fingerprint density at radius 1 is 1.44 bits per heavy atom. The third-order valence-electron chi connectivity index (χ3n) is 3.06. The lowest BCUT2D eigenvalue weighted by atomic mass is 10.1. The van der Waals surface area contributed by atoms with E-state index in [0.29, 0.717) is 5.69 Å². The first-order valence-corrected chi connectivity index (χ1v) is 6.84. The summed E-state index contributed by atoms with van der Waals surface area (Å²) in [5.41, 5.74) is 0.560. The average Bonchev–Trinajstić information content (AvgIpc) is 2.80. The van der Waals surface area contributed by atoms with Crippen molar-refractivity contribution < 1.29 is 4.79 Å². The first-order valence-electron chi connectivity index (χ1n) is 5.85. The first kappa shape index (κ1) is 11.6. The van der Waals surface area contributed by atoms with Gasteiger partial charge in [0.25, 0.3) is 0 Å². The molecule has 0 saturated heterocycles. The number of ketones is 1. The molecule has 0 aromatic carbocycles. The SMILES string of the molecule is CC(=O)c1ccc(SCC2CCCC2)cn1. The van der Waals surface area contributed by atoms with Gasteiger partial charge in [-0.3, -0.25) is 9.78 Å². The summed E-state index contributed by atoms with van der Waals surface area (Å²) in [6.07, 6.45) is 7.37. The summed E-state index contributed by atoms with van der Waals surface area (Å²) in [7, 11) is 0. The van der Waals surface area contributed by atoms with Crippen LogP contribution in [0, 0.1) is 5.92 Å². The second-order valence-electron chi connectivity index (χ2n) is 4.40. The number of carbonyl (C=O) groups is 1. The van der Waals surface area contributed by atoms with Gasteiger partial charge in [0.1, 0.15) is 5.69 Å². The molecule has 1 heterocycles. The third-order valence-corrected chi connectivity index (χ3v) is 4.27. The Kier molecular flexibility index (Phi) is 3.99. The summed E-state index contributed by atoms with van der Waals surface area (Å²) < 4.78 is 0. The molecule has 0 spiro atoms. The highest BCUT2D eigenvalue weighted by Crippen LogP contribution is 2.30. The molecule has 1 aliphatic carbocycles. The van der Waals surface area contributed by atoms with Gasteiger partial charge in [-0.2, -0.15) is 0 Å². The lowest BCUT2D eigenvalue weighted by Crippen LogP contribution is -1.98. The maximum Gasteiger partial charge on any atom is 0.178 e. The normalized spacial score (nSPS) is 16.6. The van der Waals surface area contributed by atoms with Crippen LogP contribution in [0.5, 0.6) is 0 Å². The van der Waals surface area contributed by atoms with E-state index in [-0.39, 0.29) is 5.78 Å². The van der Waals surface area contributed by atoms with E-state index >= 15 is 0 Å². The number of rotatable bonds is 4. The summed E-state index contributed by atoms with van der Waals surface area (Å²) in [6, 6.07) is 3.82. The number of hydrogen-bond acceptors (Lipinski definition) is 3. The van der Waals surface area contributed by atoms with E-state index in [1.807, 2.05) is 30.1 Å². The summed E-state index contributed by atoms with van der Waals surface area (Å²) in [5.74, 6) is 2.12. The monoisotopic (exact) mass is 235 g/mol. The molecule has 2 rings (SSSR count). The molecule has 1 saturated carbocycles. The van der Waals surface area contributed by atoms with Gasteiger partial charge in [0, 0.05) is 23.8 Å². The second kappa shape index (κ2) is 5.48. The molecular formula is C13H17NOS. The summed E-state index contributed by atoms with van der Waals surface area (Å²) >= 11 is 1.86. The summed E-state index contributed by atoms with van der Waals surface area (Å²) in [6.45, 7) is 1.55. The van der Waals surface area contributed by atoms with Crippen molar-refractivity contribution >= 4 is 17.5 Å². The van der Waals surface area contributed by atoms with Crippen LogP contribution in [-0.2, 0) is 0 Å². The number of nitrogens with zero attached hydrogens (tertiary/aromatic N) is 1. The van der Waals surface area contributed by atoms with Crippen molar-refractivity contribution in [2.24, 2.45) is 5.92 Å². The van der Waals surface area contributed by atoms with E-state index in [1.54, 1.807) is 6.92 Å². The number of aromatic nitrogens is 1. The lowest BCUT2D eigenvalue weighted by molar-refractivity contribution is 0.101. The topological polar surface area (TPSA) is 30.0 Å². The third kappa shape index (κ3) is 3.08. The lowest BCUT2D eigenvalue weighted by Gasteiger charge is -2.07. The Labute approximate surface area is 101 Å². The molecule has 0 atom stereocenters. The Morgan fingerprint density at radius 3 is 2.75 bits per heavy atom. The van der Waals surface area contributed by atoms with Gasteiger partial charge >= 0.3 is 0 Å². The Morgan fingerprint density at radius 2 is 2.19 bits per heavy atom. The van der Waals surface area contributed by atoms with Crippen LogP contribution in [0.4, 0.5) is 0 Å². The van der Waals surface area contributed by atoms with Crippen LogP contribution >= 0.6 is 11.8 Å². The van der Waals surface area contributed by atoms with Crippen molar-refractivity contribution in [2.45, 2.75) is 37.5 Å². The van der Waals surface area contributed by atoms with Gasteiger partial charge in [0.2, 0.25) is 0 Å². The van der Waals surface area contributed by atoms with E-state index in [2.05, 4.69) is 4.98 Å². The average molecular weight is 235 g/mol. The quantitative estimate of drug-likeness (QED) is 0.590. The number of carbonyl (C=O) groups excluding carboxylic acids is 1. The molecule has 1 aromatic rings. The van der Waals surface area contributed by atoms with Gasteiger partial charge in [-0.05, 0) is 30.9 Å². The van der Waals surface area contributed by atoms with Gasteiger partial charge in [0.05, 0.1) is 0 Å². The smallest absolute Gasteiger partial charge is 0.178 e. The Bertz CT molecular complexity index is 355. The molecule has 0 radical (unpaired) electrons. The minimum Gasteiger partial charge on any atom is -0.293 e. The molecule has 86 valence electrons. The largest absolute Gasteiger partial charge is 0.293 e. The Balaban J connectivity index is 1.87. The molecule has 0 aliphatic heterocycles. The fraction of sp³-hybridized carbons (Fsp3) is 0.538. The highest BCUT2D eigenvalue weighted by atomic mass is 32.2. The van der Waals surface area contributed by atoms with Gasteiger partial charge in [-0.25, -0.2) is 0 Å². The van der Waals surface area contributed by atoms with Crippen molar-refractivity contribution in [2.75, 3.05) is 5.75 Å². The first-order chi connectivity index (χ1) is 7.75. The van der Waals surface area contributed by atoms with Crippen molar-refractivity contribution in [3.05, 3.63) is 24.0 Å². The molecule has 1 aromatic heterocycles. The van der Waals surface area contributed by atoms with Crippen molar-refractivity contribution in [3.63, 3.8) is 0 Å². The molecule has 2 nitrogen and oxygen atoms in total. The minimum absolute atomic E-state index is 0.0346. The summed E-state index contributed by atoms with van der Waals surface area (Å²) in [4.78, 5) is 16.4. The van der Waals surface area contributed by atoms with Crippen LogP contribution in [0.1, 0.15) is 43.1 Å². The second-order valence-corrected chi connectivity index (χ2v) is 5.49. The molecule has 0 unspecified atom stereocenters. The van der Waals surface area contributed by atoms with Crippen LogP contribution in [0.2, 0.25) is 0 Å². The fourth-order valence-electron chi connectivity index (χ4n) is 2.07. The molecule has 0 amide bonds. The highest BCUT2D eigenvalue weighted by molar-refractivity contribution is 7.99. The number of thioether (sulfide) groups is 1. The predicted molar refractivity (Wildman–Crippen MR) is 66.9 cm³/mol.